The Hall–Kier alpha value is -3.41. The van der Waals surface area contributed by atoms with Gasteiger partial charge in [0, 0.05) is 25.9 Å². The first-order chi connectivity index (χ1) is 13.4. The molecule has 0 radical (unpaired) electrons. The maximum absolute atomic E-state index is 12.9. The average Bonchev–Trinajstić information content (AvgIpc) is 3.13. The Morgan fingerprint density at radius 1 is 1.04 bits per heavy atom. The second kappa shape index (κ2) is 8.08. The highest BCUT2D eigenvalue weighted by Crippen LogP contribution is 2.27. The van der Waals surface area contributed by atoms with Crippen LogP contribution in [0, 0.1) is 6.92 Å². The number of likely N-dealkylation sites (N-methyl/N-ethyl adjacent to an activating group) is 1. The zero-order valence-electron chi connectivity index (χ0n) is 16.4. The zero-order valence-corrected chi connectivity index (χ0v) is 16.4. The minimum absolute atomic E-state index is 0.277. The number of aromatic nitrogens is 2. The van der Waals surface area contributed by atoms with E-state index in [4.69, 9.17) is 4.74 Å². The minimum Gasteiger partial charge on any atom is -0.449 e. The van der Waals surface area contributed by atoms with Crippen molar-refractivity contribution in [3.05, 3.63) is 71.9 Å². The van der Waals surface area contributed by atoms with Gasteiger partial charge in [0.25, 0.3) is 5.91 Å². The van der Waals surface area contributed by atoms with Gasteiger partial charge in [0.05, 0.1) is 5.69 Å². The van der Waals surface area contributed by atoms with Gasteiger partial charge in [-0.3, -0.25) is 4.79 Å². The average molecular weight is 377 g/mol. The minimum atomic E-state index is -0.882. The van der Waals surface area contributed by atoms with Gasteiger partial charge in [-0.15, -0.1) is 0 Å². The maximum atomic E-state index is 12.9. The Morgan fingerprint density at radius 2 is 1.68 bits per heavy atom. The molecule has 0 saturated heterocycles. The van der Waals surface area contributed by atoms with Crippen LogP contribution in [0.2, 0.25) is 0 Å². The normalized spacial score (nSPS) is 11.7. The van der Waals surface area contributed by atoms with E-state index in [9.17, 15) is 9.59 Å². The summed E-state index contributed by atoms with van der Waals surface area (Å²) in [5.41, 5.74) is 3.50. The molecule has 1 aromatic heterocycles. The van der Waals surface area contributed by atoms with Gasteiger partial charge in [0.15, 0.2) is 6.10 Å². The van der Waals surface area contributed by atoms with Crippen LogP contribution in [0.5, 0.6) is 0 Å². The number of carbonyl (C=O) groups is 2. The molecule has 0 N–H and O–H groups in total. The number of hydrogen-bond acceptors (Lipinski definition) is 4. The standard InChI is InChI=1S/C22H23N3O3/c1-15-10-8-9-13-18(15)20-19(22(27)28-16(2)21(26)24(3)4)14-25(23-20)17-11-6-5-7-12-17/h5-14,16H,1-4H3/t16-/m1/s1. The molecule has 2 aromatic carbocycles. The van der Waals surface area contributed by atoms with E-state index in [-0.39, 0.29) is 5.91 Å². The van der Waals surface area contributed by atoms with Crippen molar-refractivity contribution in [2.24, 2.45) is 0 Å². The second-order valence-electron chi connectivity index (χ2n) is 6.77. The number of rotatable bonds is 5. The molecule has 3 rings (SSSR count). The van der Waals surface area contributed by atoms with Crippen molar-refractivity contribution in [2.75, 3.05) is 14.1 Å². The van der Waals surface area contributed by atoms with E-state index in [1.54, 1.807) is 31.9 Å². The lowest BCUT2D eigenvalue weighted by Gasteiger charge is -2.17. The molecule has 0 aliphatic carbocycles. The molecule has 0 saturated carbocycles. The molecule has 144 valence electrons. The lowest BCUT2D eigenvalue weighted by atomic mass is 10.0. The van der Waals surface area contributed by atoms with Gasteiger partial charge < -0.3 is 9.64 Å². The summed E-state index contributed by atoms with van der Waals surface area (Å²) in [4.78, 5) is 26.4. The number of ether oxygens (including phenoxy) is 1. The van der Waals surface area contributed by atoms with E-state index in [1.165, 1.54) is 4.90 Å². The smallest absolute Gasteiger partial charge is 0.342 e. The Morgan fingerprint density at radius 3 is 2.32 bits per heavy atom. The van der Waals surface area contributed by atoms with Gasteiger partial charge >= 0.3 is 5.97 Å². The molecule has 0 bridgehead atoms. The Labute approximate surface area is 164 Å². The molecule has 0 unspecified atom stereocenters. The number of nitrogens with zero attached hydrogens (tertiary/aromatic N) is 3. The fourth-order valence-corrected chi connectivity index (χ4v) is 2.91. The number of benzene rings is 2. The molecular weight excluding hydrogens is 354 g/mol. The first kappa shape index (κ1) is 19.4. The van der Waals surface area contributed by atoms with Crippen molar-refractivity contribution in [3.8, 4) is 16.9 Å². The summed E-state index contributed by atoms with van der Waals surface area (Å²) in [6.07, 6.45) is 0.763. The largest absolute Gasteiger partial charge is 0.449 e. The molecule has 28 heavy (non-hydrogen) atoms. The van der Waals surface area contributed by atoms with E-state index >= 15 is 0 Å². The molecule has 0 aliphatic heterocycles. The second-order valence-corrected chi connectivity index (χ2v) is 6.77. The van der Waals surface area contributed by atoms with Gasteiger partial charge in [0.1, 0.15) is 11.3 Å². The predicted molar refractivity (Wildman–Crippen MR) is 107 cm³/mol. The fourth-order valence-electron chi connectivity index (χ4n) is 2.91. The number of aryl methyl sites for hydroxylation is 1. The Balaban J connectivity index is 2.03. The van der Waals surface area contributed by atoms with Crippen LogP contribution in [0.15, 0.2) is 60.8 Å². The van der Waals surface area contributed by atoms with E-state index in [0.717, 1.165) is 16.8 Å². The van der Waals surface area contributed by atoms with E-state index in [0.29, 0.717) is 11.3 Å². The summed E-state index contributed by atoms with van der Waals surface area (Å²) >= 11 is 0. The lowest BCUT2D eigenvalue weighted by Crippen LogP contribution is -2.34. The van der Waals surface area contributed by atoms with E-state index in [1.807, 2.05) is 61.5 Å². The highest BCUT2D eigenvalue weighted by Gasteiger charge is 2.25. The Bertz CT molecular complexity index is 993. The molecule has 0 spiro atoms. The summed E-state index contributed by atoms with van der Waals surface area (Å²) < 4.78 is 7.08. The van der Waals surface area contributed by atoms with Crippen LogP contribution in [-0.2, 0) is 9.53 Å². The maximum Gasteiger partial charge on any atom is 0.342 e. The monoisotopic (exact) mass is 377 g/mol. The lowest BCUT2D eigenvalue weighted by molar-refractivity contribution is -0.137. The third-order valence-electron chi connectivity index (χ3n) is 4.43. The van der Waals surface area contributed by atoms with Gasteiger partial charge in [-0.05, 0) is 31.5 Å². The number of hydrogen-bond donors (Lipinski definition) is 0. The molecule has 0 aliphatic rings. The molecule has 0 fully saturated rings. The van der Waals surface area contributed by atoms with Crippen LogP contribution >= 0.6 is 0 Å². The van der Waals surface area contributed by atoms with Crippen LogP contribution in [0.1, 0.15) is 22.8 Å². The quantitative estimate of drug-likeness (QED) is 0.639. The van der Waals surface area contributed by atoms with Crippen LogP contribution < -0.4 is 0 Å². The predicted octanol–water partition coefficient (Wildman–Crippen LogP) is 3.48. The van der Waals surface area contributed by atoms with Crippen LogP contribution in [0.3, 0.4) is 0 Å². The highest BCUT2D eigenvalue weighted by atomic mass is 16.5. The highest BCUT2D eigenvalue weighted by molar-refractivity contribution is 5.98. The van der Waals surface area contributed by atoms with Gasteiger partial charge in [-0.2, -0.15) is 5.10 Å². The van der Waals surface area contributed by atoms with Crippen LogP contribution in [-0.4, -0.2) is 46.8 Å². The fraction of sp³-hybridized carbons (Fsp3) is 0.227. The summed E-state index contributed by atoms with van der Waals surface area (Å²) in [5.74, 6) is -0.857. The SMILES string of the molecule is Cc1ccccc1-c1nn(-c2ccccc2)cc1C(=O)O[C@H](C)C(=O)N(C)C. The van der Waals surface area contributed by atoms with Gasteiger partial charge in [-0.1, -0.05) is 42.5 Å². The molecule has 1 amide bonds. The summed E-state index contributed by atoms with van der Waals surface area (Å²) in [7, 11) is 3.25. The van der Waals surface area contributed by atoms with Crippen molar-refractivity contribution in [2.45, 2.75) is 20.0 Å². The molecule has 6 nitrogen and oxygen atoms in total. The topological polar surface area (TPSA) is 64.4 Å². The van der Waals surface area contributed by atoms with Crippen molar-refractivity contribution in [1.82, 2.24) is 14.7 Å². The van der Waals surface area contributed by atoms with Crippen LogP contribution in [0.25, 0.3) is 16.9 Å². The molecule has 3 aromatic rings. The van der Waals surface area contributed by atoms with Crippen molar-refractivity contribution < 1.29 is 14.3 Å². The number of amides is 1. The van der Waals surface area contributed by atoms with E-state index in [2.05, 4.69) is 5.10 Å². The van der Waals surface area contributed by atoms with Crippen molar-refractivity contribution in [3.63, 3.8) is 0 Å². The summed E-state index contributed by atoms with van der Waals surface area (Å²) in [6, 6.07) is 17.2. The molecule has 1 heterocycles. The molecular formula is C22H23N3O3. The third kappa shape index (κ3) is 3.96. The Kier molecular flexibility index (Phi) is 5.59. The summed E-state index contributed by atoms with van der Waals surface area (Å²) in [6.45, 7) is 3.53. The zero-order chi connectivity index (χ0) is 20.3. The van der Waals surface area contributed by atoms with Gasteiger partial charge in [-0.25, -0.2) is 9.48 Å². The van der Waals surface area contributed by atoms with Gasteiger partial charge in [0.2, 0.25) is 0 Å². The first-order valence-electron chi connectivity index (χ1n) is 9.01. The summed E-state index contributed by atoms with van der Waals surface area (Å²) in [5, 5.41) is 4.64. The number of carbonyl (C=O) groups excluding carboxylic acids is 2. The van der Waals surface area contributed by atoms with Crippen molar-refractivity contribution in [1.29, 1.82) is 0 Å². The first-order valence-corrected chi connectivity index (χ1v) is 9.01. The van der Waals surface area contributed by atoms with Crippen molar-refractivity contribution >= 4 is 11.9 Å². The number of para-hydroxylation sites is 1. The van der Waals surface area contributed by atoms with E-state index < -0.39 is 12.1 Å². The molecule has 6 heteroatoms. The third-order valence-corrected chi connectivity index (χ3v) is 4.43. The number of esters is 1. The van der Waals surface area contributed by atoms with Crippen LogP contribution in [0.4, 0.5) is 0 Å². The molecule has 1 atom stereocenters.